The summed E-state index contributed by atoms with van der Waals surface area (Å²) < 4.78 is 44.5. The number of nitrogens with zero attached hydrogens (tertiary/aromatic N) is 3. The van der Waals surface area contributed by atoms with E-state index >= 15 is 4.39 Å². The summed E-state index contributed by atoms with van der Waals surface area (Å²) in [5.41, 5.74) is 2.03. The van der Waals surface area contributed by atoms with Crippen molar-refractivity contribution in [1.29, 1.82) is 0 Å². The summed E-state index contributed by atoms with van der Waals surface area (Å²) in [5, 5.41) is 0.366. The van der Waals surface area contributed by atoms with Gasteiger partial charge in [0, 0.05) is 34.9 Å². The Morgan fingerprint density at radius 1 is 1.00 bits per heavy atom. The van der Waals surface area contributed by atoms with Gasteiger partial charge in [0.15, 0.2) is 0 Å². The summed E-state index contributed by atoms with van der Waals surface area (Å²) in [6.07, 6.45) is 0. The van der Waals surface area contributed by atoms with Crippen LogP contribution in [-0.2, 0) is 14.8 Å². The number of aryl methyl sites for hydroxylation is 1. The monoisotopic (exact) mass is 543 g/mol. The maximum absolute atomic E-state index is 15.3. The number of halogens is 2. The van der Waals surface area contributed by atoms with E-state index in [2.05, 4.69) is 4.90 Å². The van der Waals surface area contributed by atoms with Crippen molar-refractivity contribution in [2.45, 2.75) is 31.7 Å². The first kappa shape index (κ1) is 27.3. The van der Waals surface area contributed by atoms with Crippen molar-refractivity contribution >= 4 is 33.2 Å². The maximum Gasteiger partial charge on any atom is 0.244 e. The van der Waals surface area contributed by atoms with Gasteiger partial charge < -0.3 is 9.80 Å². The number of sulfonamides is 1. The van der Waals surface area contributed by atoms with Gasteiger partial charge in [-0.05, 0) is 56.4 Å². The van der Waals surface area contributed by atoms with Crippen molar-refractivity contribution in [3.63, 3.8) is 0 Å². The number of hydrogen-bond acceptors (Lipinski definition) is 4. The molecule has 9 heteroatoms. The smallest absolute Gasteiger partial charge is 0.244 e. The van der Waals surface area contributed by atoms with E-state index in [1.807, 2.05) is 20.8 Å². The lowest BCUT2D eigenvalue weighted by Gasteiger charge is -2.30. The molecular weight excluding hydrogens is 513 g/mol. The minimum absolute atomic E-state index is 0.0346. The fourth-order valence-electron chi connectivity index (χ4n) is 4.70. The third kappa shape index (κ3) is 5.57. The molecule has 0 N–H and O–H groups in total. The van der Waals surface area contributed by atoms with E-state index in [4.69, 9.17) is 11.6 Å². The zero-order valence-electron chi connectivity index (χ0n) is 21.2. The standard InChI is InChI=1S/C28H31ClFN3O3S/c1-4-31(5-2)16-17-32-26-15-12-21(29)18-24(26)28(23-8-6-7-9-25(23)30)33(19-27(32)34)37(35,36)22-13-10-20(3)11-14-22/h6-15,18,28H,4-5,16-17,19H2,1-3H3. The van der Waals surface area contributed by atoms with E-state index in [0.29, 0.717) is 29.4 Å². The van der Waals surface area contributed by atoms with Crippen LogP contribution in [0.5, 0.6) is 0 Å². The van der Waals surface area contributed by atoms with Gasteiger partial charge in [-0.1, -0.05) is 61.3 Å². The number of carbonyl (C=O) groups excluding carboxylic acids is 1. The number of hydrogen-bond donors (Lipinski definition) is 0. The molecule has 1 aliphatic heterocycles. The number of likely N-dealkylation sites (N-methyl/N-ethyl adjacent to an activating group) is 1. The molecule has 6 nitrogen and oxygen atoms in total. The van der Waals surface area contributed by atoms with Crippen molar-refractivity contribution in [2.75, 3.05) is 37.6 Å². The third-order valence-corrected chi connectivity index (χ3v) is 8.88. The minimum atomic E-state index is -4.20. The molecule has 0 saturated carbocycles. The van der Waals surface area contributed by atoms with E-state index in [1.54, 1.807) is 53.4 Å². The van der Waals surface area contributed by atoms with Gasteiger partial charge in [0.25, 0.3) is 0 Å². The van der Waals surface area contributed by atoms with Crippen LogP contribution >= 0.6 is 11.6 Å². The van der Waals surface area contributed by atoms with Crippen LogP contribution in [0.15, 0.2) is 71.6 Å². The lowest BCUT2D eigenvalue weighted by Crippen LogP contribution is -2.44. The Kier molecular flexibility index (Phi) is 8.33. The van der Waals surface area contributed by atoms with Gasteiger partial charge in [0.1, 0.15) is 5.82 Å². The van der Waals surface area contributed by atoms with Crippen LogP contribution in [0.3, 0.4) is 0 Å². The largest absolute Gasteiger partial charge is 0.310 e. The number of benzene rings is 3. The van der Waals surface area contributed by atoms with E-state index in [9.17, 15) is 13.2 Å². The van der Waals surface area contributed by atoms with Crippen molar-refractivity contribution in [1.82, 2.24) is 9.21 Å². The van der Waals surface area contributed by atoms with Crippen LogP contribution in [0, 0.1) is 12.7 Å². The molecule has 0 saturated heterocycles. The maximum atomic E-state index is 15.3. The Bertz CT molecular complexity index is 1380. The van der Waals surface area contributed by atoms with E-state index in [-0.39, 0.29) is 16.4 Å². The van der Waals surface area contributed by atoms with Crippen LogP contribution in [-0.4, -0.2) is 56.3 Å². The average Bonchev–Trinajstić information content (AvgIpc) is 2.99. The van der Waals surface area contributed by atoms with Crippen LogP contribution in [0.25, 0.3) is 0 Å². The average molecular weight is 544 g/mol. The van der Waals surface area contributed by atoms with Gasteiger partial charge in [-0.3, -0.25) is 4.79 Å². The van der Waals surface area contributed by atoms with Crippen molar-refractivity contribution in [2.24, 2.45) is 0 Å². The van der Waals surface area contributed by atoms with Crippen LogP contribution in [0.2, 0.25) is 5.02 Å². The summed E-state index contributed by atoms with van der Waals surface area (Å²) in [6, 6.07) is 16.4. The normalized spacial score (nSPS) is 16.6. The van der Waals surface area contributed by atoms with Crippen molar-refractivity contribution in [3.8, 4) is 0 Å². The molecule has 37 heavy (non-hydrogen) atoms. The minimum Gasteiger partial charge on any atom is -0.310 e. The van der Waals surface area contributed by atoms with Crippen molar-refractivity contribution in [3.05, 3.63) is 94.3 Å². The molecule has 0 bridgehead atoms. The fraction of sp³-hybridized carbons (Fsp3) is 0.321. The summed E-state index contributed by atoms with van der Waals surface area (Å²) in [6.45, 7) is 8.11. The number of rotatable bonds is 8. The second-order valence-electron chi connectivity index (χ2n) is 9.06. The topological polar surface area (TPSA) is 60.9 Å². The number of carbonyl (C=O) groups is 1. The van der Waals surface area contributed by atoms with E-state index in [0.717, 1.165) is 23.0 Å². The number of anilines is 1. The Balaban J connectivity index is 1.93. The summed E-state index contributed by atoms with van der Waals surface area (Å²) in [7, 11) is -4.20. The molecule has 1 heterocycles. The molecule has 0 aliphatic carbocycles. The third-order valence-electron chi connectivity index (χ3n) is 6.82. The molecule has 1 aliphatic rings. The quantitative estimate of drug-likeness (QED) is 0.389. The Morgan fingerprint density at radius 3 is 2.32 bits per heavy atom. The summed E-state index contributed by atoms with van der Waals surface area (Å²) in [5.74, 6) is -0.947. The Hall–Kier alpha value is -2.78. The molecule has 0 radical (unpaired) electrons. The highest BCUT2D eigenvalue weighted by molar-refractivity contribution is 7.89. The zero-order chi connectivity index (χ0) is 26.7. The van der Waals surface area contributed by atoms with E-state index < -0.39 is 28.4 Å². The molecule has 0 aromatic heterocycles. The highest BCUT2D eigenvalue weighted by Gasteiger charge is 2.42. The van der Waals surface area contributed by atoms with Crippen LogP contribution in [0.1, 0.15) is 36.6 Å². The predicted octanol–water partition coefficient (Wildman–Crippen LogP) is 5.26. The van der Waals surface area contributed by atoms with Crippen molar-refractivity contribution < 1.29 is 17.6 Å². The zero-order valence-corrected chi connectivity index (χ0v) is 22.8. The van der Waals surface area contributed by atoms with Crippen LogP contribution in [0.4, 0.5) is 10.1 Å². The first-order valence-corrected chi connectivity index (χ1v) is 14.1. The molecule has 1 amide bonds. The molecule has 196 valence electrons. The molecule has 0 fully saturated rings. The van der Waals surface area contributed by atoms with Gasteiger partial charge in [-0.25, -0.2) is 12.8 Å². The fourth-order valence-corrected chi connectivity index (χ4v) is 6.42. The van der Waals surface area contributed by atoms with Crippen LogP contribution < -0.4 is 4.90 Å². The second-order valence-corrected chi connectivity index (χ2v) is 11.4. The van der Waals surface area contributed by atoms with E-state index in [1.165, 1.54) is 18.2 Å². The SMILES string of the molecule is CCN(CC)CCN1C(=O)CN(S(=O)(=O)c2ccc(C)cc2)C(c2ccccc2F)c2cc(Cl)ccc21. The Labute approximate surface area is 223 Å². The second kappa shape index (κ2) is 11.3. The molecule has 3 aromatic carbocycles. The van der Waals surface area contributed by atoms with Gasteiger partial charge in [-0.15, -0.1) is 0 Å². The summed E-state index contributed by atoms with van der Waals surface area (Å²) >= 11 is 6.40. The lowest BCUT2D eigenvalue weighted by molar-refractivity contribution is -0.118. The van der Waals surface area contributed by atoms with Gasteiger partial charge >= 0.3 is 0 Å². The summed E-state index contributed by atoms with van der Waals surface area (Å²) in [4.78, 5) is 17.5. The molecule has 0 spiro atoms. The highest BCUT2D eigenvalue weighted by Crippen LogP contribution is 2.42. The molecule has 4 rings (SSSR count). The lowest BCUT2D eigenvalue weighted by atomic mass is 9.96. The first-order chi connectivity index (χ1) is 17.7. The first-order valence-electron chi connectivity index (χ1n) is 12.3. The molecule has 1 atom stereocenters. The van der Waals surface area contributed by atoms with Gasteiger partial charge in [-0.2, -0.15) is 4.31 Å². The number of fused-ring (bicyclic) bond motifs is 1. The molecule has 3 aromatic rings. The predicted molar refractivity (Wildman–Crippen MR) is 145 cm³/mol. The van der Waals surface area contributed by atoms with Gasteiger partial charge in [0.05, 0.1) is 17.5 Å². The molecule has 1 unspecified atom stereocenters. The Morgan fingerprint density at radius 2 is 1.68 bits per heavy atom. The van der Waals surface area contributed by atoms with Gasteiger partial charge in [0.2, 0.25) is 15.9 Å². The highest BCUT2D eigenvalue weighted by atomic mass is 35.5. The molecular formula is C28H31ClFN3O3S. The number of amides is 1.